The highest BCUT2D eigenvalue weighted by atomic mass is 79.9. The second kappa shape index (κ2) is 4.77. The van der Waals surface area contributed by atoms with Crippen molar-refractivity contribution in [1.82, 2.24) is 9.78 Å². The highest BCUT2D eigenvalue weighted by Gasteiger charge is 2.15. The van der Waals surface area contributed by atoms with Crippen molar-refractivity contribution in [2.45, 2.75) is 13.5 Å². The van der Waals surface area contributed by atoms with E-state index in [1.54, 1.807) is 22.9 Å². The molecule has 2 N–H and O–H groups in total. The fourth-order valence-electron chi connectivity index (χ4n) is 1.69. The van der Waals surface area contributed by atoms with Crippen LogP contribution < -0.4 is 5.73 Å². The van der Waals surface area contributed by atoms with E-state index < -0.39 is 4.92 Å². The standard InChI is InChI=1S/C11H11BrN4O2/c1-7-4-11(13)15(14-7)6-8-2-3-9(12)5-10(8)16(17)18/h2-5H,6,13H2,1H3. The summed E-state index contributed by atoms with van der Waals surface area (Å²) >= 11 is 3.22. The minimum atomic E-state index is -0.410. The molecule has 0 fully saturated rings. The van der Waals surface area contributed by atoms with Crippen molar-refractivity contribution in [2.75, 3.05) is 5.73 Å². The fourth-order valence-corrected chi connectivity index (χ4v) is 2.04. The number of nitro benzene ring substituents is 1. The molecule has 1 aromatic carbocycles. The summed E-state index contributed by atoms with van der Waals surface area (Å²) in [6, 6.07) is 6.65. The molecule has 7 heteroatoms. The van der Waals surface area contributed by atoms with E-state index in [9.17, 15) is 10.1 Å². The molecular weight excluding hydrogens is 300 g/mol. The van der Waals surface area contributed by atoms with Gasteiger partial charge < -0.3 is 5.73 Å². The molecule has 0 radical (unpaired) electrons. The quantitative estimate of drug-likeness (QED) is 0.697. The molecular formula is C11H11BrN4O2. The zero-order valence-corrected chi connectivity index (χ0v) is 11.2. The van der Waals surface area contributed by atoms with Gasteiger partial charge in [0, 0.05) is 16.6 Å². The SMILES string of the molecule is Cc1cc(N)n(Cc2ccc(Br)cc2[N+](=O)[O-])n1. The van der Waals surface area contributed by atoms with Gasteiger partial charge >= 0.3 is 0 Å². The largest absolute Gasteiger partial charge is 0.384 e. The van der Waals surface area contributed by atoms with Gasteiger partial charge in [-0.25, -0.2) is 4.68 Å². The molecule has 0 aliphatic carbocycles. The molecule has 1 heterocycles. The van der Waals surface area contributed by atoms with Crippen LogP contribution in [-0.2, 0) is 6.54 Å². The van der Waals surface area contributed by atoms with Gasteiger partial charge in [0.05, 0.1) is 22.7 Å². The summed E-state index contributed by atoms with van der Waals surface area (Å²) in [6.45, 7) is 2.10. The van der Waals surface area contributed by atoms with E-state index in [2.05, 4.69) is 21.0 Å². The molecule has 0 spiro atoms. The third-order valence-electron chi connectivity index (χ3n) is 2.50. The number of nitrogens with two attached hydrogens (primary N) is 1. The van der Waals surface area contributed by atoms with Crippen molar-refractivity contribution >= 4 is 27.4 Å². The molecule has 0 saturated carbocycles. The molecule has 2 rings (SSSR count). The Morgan fingerprint density at radius 1 is 1.50 bits per heavy atom. The van der Waals surface area contributed by atoms with Crippen LogP contribution in [0.1, 0.15) is 11.3 Å². The Balaban J connectivity index is 2.40. The van der Waals surface area contributed by atoms with Crippen LogP contribution >= 0.6 is 15.9 Å². The summed E-state index contributed by atoms with van der Waals surface area (Å²) in [4.78, 5) is 10.6. The van der Waals surface area contributed by atoms with Crippen LogP contribution in [0.25, 0.3) is 0 Å². The van der Waals surface area contributed by atoms with Crippen LogP contribution in [0.5, 0.6) is 0 Å². The maximum absolute atomic E-state index is 11.0. The van der Waals surface area contributed by atoms with Crippen LogP contribution in [0, 0.1) is 17.0 Å². The van der Waals surface area contributed by atoms with Gasteiger partial charge in [0.2, 0.25) is 0 Å². The summed E-state index contributed by atoms with van der Waals surface area (Å²) in [5, 5.41) is 15.2. The Hall–Kier alpha value is -1.89. The van der Waals surface area contributed by atoms with Crippen molar-refractivity contribution < 1.29 is 4.92 Å². The molecule has 0 atom stereocenters. The number of rotatable bonds is 3. The monoisotopic (exact) mass is 310 g/mol. The van der Waals surface area contributed by atoms with Crippen molar-refractivity contribution in [1.29, 1.82) is 0 Å². The number of nitrogen functional groups attached to an aromatic ring is 1. The van der Waals surface area contributed by atoms with Crippen LogP contribution in [0.2, 0.25) is 0 Å². The number of benzene rings is 1. The molecule has 1 aromatic heterocycles. The first kappa shape index (κ1) is 12.6. The average molecular weight is 311 g/mol. The van der Waals surface area contributed by atoms with E-state index in [1.165, 1.54) is 6.07 Å². The molecule has 0 aliphatic heterocycles. The third kappa shape index (κ3) is 2.51. The van der Waals surface area contributed by atoms with Gasteiger partial charge in [0.25, 0.3) is 5.69 Å². The van der Waals surface area contributed by atoms with E-state index in [4.69, 9.17) is 5.73 Å². The van der Waals surface area contributed by atoms with Gasteiger partial charge in [-0.15, -0.1) is 0 Å². The second-order valence-electron chi connectivity index (χ2n) is 3.90. The van der Waals surface area contributed by atoms with E-state index in [0.29, 0.717) is 15.9 Å². The molecule has 6 nitrogen and oxygen atoms in total. The van der Waals surface area contributed by atoms with Gasteiger partial charge in [-0.05, 0) is 19.1 Å². The van der Waals surface area contributed by atoms with Crippen molar-refractivity contribution in [3.8, 4) is 0 Å². The lowest BCUT2D eigenvalue weighted by molar-refractivity contribution is -0.385. The maximum Gasteiger partial charge on any atom is 0.275 e. The highest BCUT2D eigenvalue weighted by Crippen LogP contribution is 2.24. The topological polar surface area (TPSA) is 87.0 Å². The summed E-state index contributed by atoms with van der Waals surface area (Å²) in [7, 11) is 0. The molecule has 0 saturated heterocycles. The number of hydrogen-bond acceptors (Lipinski definition) is 4. The van der Waals surface area contributed by atoms with Crippen LogP contribution in [0.15, 0.2) is 28.7 Å². The predicted molar refractivity (Wildman–Crippen MR) is 71.3 cm³/mol. The Labute approximate surface area is 112 Å². The Morgan fingerprint density at radius 2 is 2.22 bits per heavy atom. The first-order valence-corrected chi connectivity index (χ1v) is 5.99. The molecule has 0 unspecified atom stereocenters. The van der Waals surface area contributed by atoms with Crippen LogP contribution in [-0.4, -0.2) is 14.7 Å². The zero-order chi connectivity index (χ0) is 13.3. The van der Waals surface area contributed by atoms with Crippen molar-refractivity contribution in [3.05, 3.63) is 50.1 Å². The minimum absolute atomic E-state index is 0.0527. The van der Waals surface area contributed by atoms with Crippen molar-refractivity contribution in [2.24, 2.45) is 0 Å². The second-order valence-corrected chi connectivity index (χ2v) is 4.81. The summed E-state index contributed by atoms with van der Waals surface area (Å²) in [5.41, 5.74) is 7.17. The summed E-state index contributed by atoms with van der Waals surface area (Å²) < 4.78 is 2.22. The summed E-state index contributed by atoms with van der Waals surface area (Å²) in [5.74, 6) is 0.490. The average Bonchev–Trinajstić information content (AvgIpc) is 2.60. The number of aromatic nitrogens is 2. The molecule has 0 bridgehead atoms. The number of nitrogens with zero attached hydrogens (tertiary/aromatic N) is 3. The minimum Gasteiger partial charge on any atom is -0.384 e. The maximum atomic E-state index is 11.0. The Bertz CT molecular complexity index is 609. The van der Waals surface area contributed by atoms with Gasteiger partial charge in [-0.3, -0.25) is 10.1 Å². The Morgan fingerprint density at radius 3 is 2.78 bits per heavy atom. The van der Waals surface area contributed by atoms with E-state index in [0.717, 1.165) is 5.69 Å². The normalized spacial score (nSPS) is 10.6. The van der Waals surface area contributed by atoms with Crippen molar-refractivity contribution in [3.63, 3.8) is 0 Å². The lowest BCUT2D eigenvalue weighted by Gasteiger charge is -2.05. The van der Waals surface area contributed by atoms with Gasteiger partial charge in [0.1, 0.15) is 5.82 Å². The molecule has 2 aromatic rings. The van der Waals surface area contributed by atoms with Crippen LogP contribution in [0.4, 0.5) is 11.5 Å². The van der Waals surface area contributed by atoms with Gasteiger partial charge in [0.15, 0.2) is 0 Å². The lowest BCUT2D eigenvalue weighted by Crippen LogP contribution is -2.07. The zero-order valence-electron chi connectivity index (χ0n) is 9.63. The van der Waals surface area contributed by atoms with Gasteiger partial charge in [-0.2, -0.15) is 5.10 Å². The Kier molecular flexibility index (Phi) is 3.33. The first-order valence-electron chi connectivity index (χ1n) is 5.20. The van der Waals surface area contributed by atoms with Gasteiger partial charge in [-0.1, -0.05) is 15.9 Å². The molecule has 0 amide bonds. The number of halogens is 1. The molecule has 0 aliphatic rings. The predicted octanol–water partition coefficient (Wildman–Crippen LogP) is 2.49. The summed E-state index contributed by atoms with van der Waals surface area (Å²) in [6.07, 6.45) is 0. The third-order valence-corrected chi connectivity index (χ3v) is 2.99. The number of nitro groups is 1. The number of hydrogen-bond donors (Lipinski definition) is 1. The number of aryl methyl sites for hydroxylation is 1. The van der Waals surface area contributed by atoms with Crippen LogP contribution in [0.3, 0.4) is 0 Å². The first-order chi connectivity index (χ1) is 8.47. The fraction of sp³-hybridized carbons (Fsp3) is 0.182. The highest BCUT2D eigenvalue weighted by molar-refractivity contribution is 9.10. The lowest BCUT2D eigenvalue weighted by atomic mass is 10.2. The molecule has 18 heavy (non-hydrogen) atoms. The van der Waals surface area contributed by atoms with E-state index in [-0.39, 0.29) is 12.2 Å². The number of anilines is 1. The smallest absolute Gasteiger partial charge is 0.275 e. The van der Waals surface area contributed by atoms with E-state index >= 15 is 0 Å². The van der Waals surface area contributed by atoms with E-state index in [1.807, 2.05) is 6.92 Å². The molecule has 94 valence electrons.